The van der Waals surface area contributed by atoms with Gasteiger partial charge >= 0.3 is 0 Å². The van der Waals surface area contributed by atoms with Crippen molar-refractivity contribution in [3.8, 4) is 11.3 Å². The van der Waals surface area contributed by atoms with E-state index in [1.807, 2.05) is 24.4 Å². The quantitative estimate of drug-likeness (QED) is 0.588. The number of carbonyl (C=O) groups excluding carboxylic acids is 1. The van der Waals surface area contributed by atoms with Crippen molar-refractivity contribution in [3.05, 3.63) is 64.2 Å². The Morgan fingerprint density at radius 3 is 2.75 bits per heavy atom. The lowest BCUT2D eigenvalue weighted by molar-refractivity contribution is 0.0950. The number of nitrogens with one attached hydrogen (secondary N) is 1. The molecular weight excluding hydrogens is 444 g/mol. The van der Waals surface area contributed by atoms with Gasteiger partial charge in [-0.15, -0.1) is 11.3 Å². The molecule has 3 aromatic rings. The van der Waals surface area contributed by atoms with E-state index < -0.39 is 10.0 Å². The Morgan fingerprint density at radius 2 is 2.00 bits per heavy atom. The van der Waals surface area contributed by atoms with Gasteiger partial charge < -0.3 is 5.32 Å². The number of thiazole rings is 1. The zero-order valence-corrected chi connectivity index (χ0v) is 19.7. The Labute approximate surface area is 192 Å². The molecule has 1 aromatic carbocycles. The zero-order chi connectivity index (χ0) is 22.7. The average Bonchev–Trinajstić information content (AvgIpc) is 3.27. The van der Waals surface area contributed by atoms with Crippen molar-refractivity contribution in [3.63, 3.8) is 0 Å². The Balaban J connectivity index is 1.49. The topological polar surface area (TPSA) is 92.3 Å². The standard InChI is InChI=1S/C23H26N4O3S2/c1-16-6-7-19(32(29,30)27-12-4-3-5-17(27)2)13-20(16)23(28)25-14-22-26-21(15-31-22)18-8-10-24-11-9-18/h6-11,13,15,17H,3-5,12,14H2,1-2H3,(H,25,28). The van der Waals surface area contributed by atoms with Gasteiger partial charge in [-0.3, -0.25) is 9.78 Å². The highest BCUT2D eigenvalue weighted by atomic mass is 32.2. The smallest absolute Gasteiger partial charge is 0.251 e. The summed E-state index contributed by atoms with van der Waals surface area (Å²) in [7, 11) is -3.64. The van der Waals surface area contributed by atoms with E-state index in [0.717, 1.165) is 41.1 Å². The molecule has 2 aromatic heterocycles. The summed E-state index contributed by atoms with van der Waals surface area (Å²) < 4.78 is 27.9. The second-order valence-corrected chi connectivity index (χ2v) is 10.8. The molecule has 1 amide bonds. The van der Waals surface area contributed by atoms with Gasteiger partial charge in [0.1, 0.15) is 5.01 Å². The van der Waals surface area contributed by atoms with E-state index in [4.69, 9.17) is 0 Å². The van der Waals surface area contributed by atoms with E-state index in [-0.39, 0.29) is 23.4 Å². The first-order valence-corrected chi connectivity index (χ1v) is 12.9. The summed E-state index contributed by atoms with van der Waals surface area (Å²) in [6, 6.07) is 8.51. The summed E-state index contributed by atoms with van der Waals surface area (Å²) in [5.74, 6) is -0.313. The van der Waals surface area contributed by atoms with Gasteiger partial charge in [0, 0.05) is 41.5 Å². The van der Waals surface area contributed by atoms with Crippen LogP contribution in [0.5, 0.6) is 0 Å². The highest BCUT2D eigenvalue weighted by molar-refractivity contribution is 7.89. The molecule has 1 atom stereocenters. The van der Waals surface area contributed by atoms with E-state index in [1.54, 1.807) is 35.8 Å². The lowest BCUT2D eigenvalue weighted by Gasteiger charge is -2.32. The molecule has 9 heteroatoms. The zero-order valence-electron chi connectivity index (χ0n) is 18.1. The molecule has 1 aliphatic rings. The second-order valence-electron chi connectivity index (χ2n) is 7.98. The molecule has 0 bridgehead atoms. The molecule has 1 fully saturated rings. The average molecular weight is 471 g/mol. The normalized spacial score (nSPS) is 17.2. The molecule has 0 saturated carbocycles. The van der Waals surface area contributed by atoms with Crippen LogP contribution in [0.25, 0.3) is 11.3 Å². The van der Waals surface area contributed by atoms with Gasteiger partial charge in [0.25, 0.3) is 5.91 Å². The lowest BCUT2D eigenvalue weighted by Crippen LogP contribution is -2.42. The third-order valence-electron chi connectivity index (χ3n) is 5.73. The molecule has 0 aliphatic carbocycles. The number of nitrogens with zero attached hydrogens (tertiary/aromatic N) is 3. The van der Waals surface area contributed by atoms with Crippen LogP contribution >= 0.6 is 11.3 Å². The number of hydrogen-bond donors (Lipinski definition) is 1. The minimum absolute atomic E-state index is 0.0353. The summed E-state index contributed by atoms with van der Waals surface area (Å²) in [5.41, 5.74) is 2.89. The Morgan fingerprint density at radius 1 is 1.22 bits per heavy atom. The van der Waals surface area contributed by atoms with Crippen LogP contribution in [0.1, 0.15) is 47.1 Å². The van der Waals surface area contributed by atoms with E-state index in [0.29, 0.717) is 12.1 Å². The Kier molecular flexibility index (Phi) is 6.68. The highest BCUT2D eigenvalue weighted by Crippen LogP contribution is 2.26. The maximum absolute atomic E-state index is 13.2. The molecule has 1 saturated heterocycles. The molecule has 0 radical (unpaired) electrons. The SMILES string of the molecule is Cc1ccc(S(=O)(=O)N2CCCCC2C)cc1C(=O)NCc1nc(-c2ccncc2)cs1. The predicted octanol–water partition coefficient (Wildman–Crippen LogP) is 4.01. The summed E-state index contributed by atoms with van der Waals surface area (Å²) in [6.45, 7) is 4.53. The monoisotopic (exact) mass is 470 g/mol. The van der Waals surface area contributed by atoms with Crippen molar-refractivity contribution < 1.29 is 13.2 Å². The van der Waals surface area contributed by atoms with Gasteiger partial charge in [0.2, 0.25) is 10.0 Å². The van der Waals surface area contributed by atoms with Crippen LogP contribution in [0.15, 0.2) is 53.0 Å². The van der Waals surface area contributed by atoms with Crippen LogP contribution in [0.3, 0.4) is 0 Å². The highest BCUT2D eigenvalue weighted by Gasteiger charge is 2.31. The number of carbonyl (C=O) groups is 1. The van der Waals surface area contributed by atoms with Gasteiger partial charge in [0.15, 0.2) is 0 Å². The van der Waals surface area contributed by atoms with Crippen molar-refractivity contribution in [1.82, 2.24) is 19.6 Å². The summed E-state index contributed by atoms with van der Waals surface area (Å²) >= 11 is 1.46. The molecule has 1 N–H and O–H groups in total. The molecule has 168 valence electrons. The van der Waals surface area contributed by atoms with Crippen LogP contribution in [-0.4, -0.2) is 41.2 Å². The first kappa shape index (κ1) is 22.6. The predicted molar refractivity (Wildman–Crippen MR) is 125 cm³/mol. The number of benzene rings is 1. The summed E-state index contributed by atoms with van der Waals surface area (Å²) in [6.07, 6.45) is 6.18. The van der Waals surface area contributed by atoms with Gasteiger partial charge in [-0.25, -0.2) is 13.4 Å². The number of sulfonamides is 1. The third kappa shape index (κ3) is 4.74. The number of aromatic nitrogens is 2. The summed E-state index contributed by atoms with van der Waals surface area (Å²) in [5, 5.41) is 5.59. The lowest BCUT2D eigenvalue weighted by atomic mass is 10.1. The fraction of sp³-hybridized carbons (Fsp3) is 0.348. The number of piperidine rings is 1. The molecule has 4 rings (SSSR count). The fourth-order valence-corrected chi connectivity index (χ4v) is 6.34. The van der Waals surface area contributed by atoms with Crippen molar-refractivity contribution >= 4 is 27.3 Å². The van der Waals surface area contributed by atoms with E-state index >= 15 is 0 Å². The molecule has 1 aliphatic heterocycles. The number of amides is 1. The molecule has 32 heavy (non-hydrogen) atoms. The van der Waals surface area contributed by atoms with E-state index in [2.05, 4.69) is 15.3 Å². The first-order chi connectivity index (χ1) is 15.4. The molecule has 1 unspecified atom stereocenters. The van der Waals surface area contributed by atoms with E-state index in [9.17, 15) is 13.2 Å². The van der Waals surface area contributed by atoms with Gasteiger partial charge in [-0.2, -0.15) is 4.31 Å². The van der Waals surface area contributed by atoms with Crippen LogP contribution in [0.4, 0.5) is 0 Å². The Hall–Kier alpha value is -2.62. The van der Waals surface area contributed by atoms with Gasteiger partial charge in [-0.1, -0.05) is 12.5 Å². The van der Waals surface area contributed by atoms with Crippen LogP contribution < -0.4 is 5.32 Å². The van der Waals surface area contributed by atoms with Crippen LogP contribution in [0, 0.1) is 6.92 Å². The van der Waals surface area contributed by atoms with Crippen molar-refractivity contribution in [1.29, 1.82) is 0 Å². The first-order valence-electron chi connectivity index (χ1n) is 10.6. The number of aryl methyl sites for hydroxylation is 1. The number of hydrogen-bond acceptors (Lipinski definition) is 6. The van der Waals surface area contributed by atoms with Gasteiger partial charge in [0.05, 0.1) is 17.1 Å². The minimum Gasteiger partial charge on any atom is -0.346 e. The van der Waals surface area contributed by atoms with E-state index in [1.165, 1.54) is 17.4 Å². The van der Waals surface area contributed by atoms with Crippen LogP contribution in [-0.2, 0) is 16.6 Å². The van der Waals surface area contributed by atoms with Crippen molar-refractivity contribution in [2.45, 2.75) is 50.6 Å². The van der Waals surface area contributed by atoms with Crippen LogP contribution in [0.2, 0.25) is 0 Å². The number of rotatable bonds is 6. The minimum atomic E-state index is -3.64. The molecule has 7 nitrogen and oxygen atoms in total. The summed E-state index contributed by atoms with van der Waals surface area (Å²) in [4.78, 5) is 21.6. The Bertz CT molecular complexity index is 1210. The van der Waals surface area contributed by atoms with Crippen molar-refractivity contribution in [2.24, 2.45) is 0 Å². The maximum Gasteiger partial charge on any atom is 0.251 e. The molecule has 3 heterocycles. The van der Waals surface area contributed by atoms with Crippen molar-refractivity contribution in [2.75, 3.05) is 6.54 Å². The molecular formula is C23H26N4O3S2. The molecule has 0 spiro atoms. The van der Waals surface area contributed by atoms with Gasteiger partial charge in [-0.05, 0) is 56.5 Å². The largest absolute Gasteiger partial charge is 0.346 e. The number of pyridine rings is 1. The third-order valence-corrected chi connectivity index (χ3v) is 8.59. The fourth-order valence-electron chi connectivity index (χ4n) is 3.87. The maximum atomic E-state index is 13.2. The second kappa shape index (κ2) is 9.48.